The summed E-state index contributed by atoms with van der Waals surface area (Å²) in [6, 6.07) is -0.309. The molecule has 1 saturated heterocycles. The van der Waals surface area contributed by atoms with E-state index in [2.05, 4.69) is 19.9 Å². The van der Waals surface area contributed by atoms with Crippen LogP contribution in [0.2, 0.25) is 0 Å². The molecule has 2 unspecified atom stereocenters. The zero-order chi connectivity index (χ0) is 23.6. The van der Waals surface area contributed by atoms with Crippen LogP contribution in [-0.4, -0.2) is 46.7 Å². The summed E-state index contributed by atoms with van der Waals surface area (Å²) in [7, 11) is 1.74. The number of nitrogens with zero attached hydrogens (tertiary/aromatic N) is 2. The Kier molecular flexibility index (Phi) is 5.57. The van der Waals surface area contributed by atoms with Crippen molar-refractivity contribution in [3.63, 3.8) is 0 Å². The zero-order valence-corrected chi connectivity index (χ0v) is 21.1. The fourth-order valence-electron chi connectivity index (χ4n) is 8.16. The van der Waals surface area contributed by atoms with Crippen LogP contribution >= 0.6 is 0 Å². The standard InChI is InChI=1S/C28H42N2O3/c1-26(2)20-11-12-21(22(26)16-20)27(3)24(32)30(25(33)29(27)4)18-23(31)19-10-9-15-28(17-19)13-7-5-6-8-14-28/h12,19-20,22H,5-11,13-18H2,1-4H3/t19?,20-,22-,27?/m0/s1. The second-order valence-corrected chi connectivity index (χ2v) is 12.7. The van der Waals surface area contributed by atoms with Gasteiger partial charge < -0.3 is 4.90 Å². The lowest BCUT2D eigenvalue weighted by Gasteiger charge is -2.59. The smallest absolute Gasteiger partial charge is 0.309 e. The van der Waals surface area contributed by atoms with Crippen LogP contribution in [0.3, 0.4) is 0 Å². The van der Waals surface area contributed by atoms with Crippen LogP contribution in [0.1, 0.15) is 97.8 Å². The monoisotopic (exact) mass is 454 g/mol. The Hall–Kier alpha value is -1.65. The highest BCUT2D eigenvalue weighted by molar-refractivity contribution is 6.10. The summed E-state index contributed by atoms with van der Waals surface area (Å²) < 4.78 is 0. The van der Waals surface area contributed by atoms with Gasteiger partial charge in [-0.05, 0) is 80.1 Å². The molecule has 33 heavy (non-hydrogen) atoms. The molecule has 5 heteroatoms. The molecule has 1 spiro atoms. The number of allylic oxidation sites excluding steroid dienone is 1. The average molecular weight is 455 g/mol. The third-order valence-corrected chi connectivity index (χ3v) is 10.8. The van der Waals surface area contributed by atoms with E-state index in [9.17, 15) is 14.4 Å². The van der Waals surface area contributed by atoms with Crippen LogP contribution in [0.15, 0.2) is 11.6 Å². The number of amides is 3. The maximum atomic E-state index is 13.8. The molecular formula is C28H42N2O3. The van der Waals surface area contributed by atoms with Crippen molar-refractivity contribution in [1.82, 2.24) is 9.80 Å². The molecule has 1 aliphatic heterocycles. The second-order valence-electron chi connectivity index (χ2n) is 12.7. The highest BCUT2D eigenvalue weighted by Gasteiger charge is 2.62. The molecule has 0 N–H and O–H groups in total. The fraction of sp³-hybridized carbons (Fsp3) is 0.821. The summed E-state index contributed by atoms with van der Waals surface area (Å²) in [4.78, 5) is 43.3. The van der Waals surface area contributed by atoms with Crippen molar-refractivity contribution in [2.24, 2.45) is 28.6 Å². The molecule has 3 saturated carbocycles. The van der Waals surface area contributed by atoms with Gasteiger partial charge in [0.05, 0.1) is 6.54 Å². The van der Waals surface area contributed by atoms with E-state index in [0.717, 1.165) is 37.7 Å². The molecule has 1 heterocycles. The molecule has 4 fully saturated rings. The Balaban J connectivity index is 1.32. The van der Waals surface area contributed by atoms with E-state index < -0.39 is 5.54 Å². The van der Waals surface area contributed by atoms with Crippen LogP contribution in [0.5, 0.6) is 0 Å². The number of carbonyl (C=O) groups is 3. The molecule has 6 rings (SSSR count). The van der Waals surface area contributed by atoms with Crippen molar-refractivity contribution >= 4 is 17.7 Å². The summed E-state index contributed by atoms with van der Waals surface area (Å²) in [6.07, 6.45) is 16.2. The first-order valence-corrected chi connectivity index (χ1v) is 13.4. The van der Waals surface area contributed by atoms with E-state index in [-0.39, 0.29) is 35.6 Å². The molecule has 182 valence electrons. The van der Waals surface area contributed by atoms with Crippen LogP contribution in [0, 0.1) is 28.6 Å². The molecule has 2 bridgehead atoms. The van der Waals surface area contributed by atoms with Crippen molar-refractivity contribution in [2.45, 2.75) is 103 Å². The van der Waals surface area contributed by atoms with E-state index in [1.165, 1.54) is 49.8 Å². The first-order chi connectivity index (χ1) is 15.6. The summed E-state index contributed by atoms with van der Waals surface area (Å²) in [5.74, 6) is 0.905. The van der Waals surface area contributed by atoms with Crippen LogP contribution in [0.4, 0.5) is 4.79 Å². The molecule has 0 aromatic heterocycles. The third-order valence-electron chi connectivity index (χ3n) is 10.8. The van der Waals surface area contributed by atoms with Crippen molar-refractivity contribution in [3.05, 3.63) is 11.6 Å². The lowest BCUT2D eigenvalue weighted by atomic mass is 9.47. The number of hydrogen-bond acceptors (Lipinski definition) is 3. The van der Waals surface area contributed by atoms with Crippen molar-refractivity contribution < 1.29 is 14.4 Å². The molecular weight excluding hydrogens is 412 g/mol. The van der Waals surface area contributed by atoms with E-state index in [1.54, 1.807) is 11.9 Å². The summed E-state index contributed by atoms with van der Waals surface area (Å²) in [6.45, 7) is 6.43. The molecule has 0 aromatic carbocycles. The minimum atomic E-state index is -0.959. The highest BCUT2D eigenvalue weighted by atomic mass is 16.2. The quantitative estimate of drug-likeness (QED) is 0.402. The van der Waals surface area contributed by atoms with Gasteiger partial charge in [-0.2, -0.15) is 0 Å². The largest absolute Gasteiger partial charge is 0.328 e. The number of Topliss-reactive ketones (excluding diaryl/α,β-unsaturated/α-hetero) is 1. The predicted octanol–water partition coefficient (Wildman–Crippen LogP) is 5.73. The van der Waals surface area contributed by atoms with Crippen LogP contribution in [0.25, 0.3) is 0 Å². The highest BCUT2D eigenvalue weighted by Crippen LogP contribution is 2.62. The maximum Gasteiger partial charge on any atom is 0.328 e. The van der Waals surface area contributed by atoms with Crippen molar-refractivity contribution in [1.29, 1.82) is 0 Å². The maximum absolute atomic E-state index is 13.8. The topological polar surface area (TPSA) is 57.7 Å². The number of urea groups is 1. The molecule has 0 radical (unpaired) electrons. The molecule has 3 amide bonds. The Morgan fingerprint density at radius 3 is 2.33 bits per heavy atom. The molecule has 5 nitrogen and oxygen atoms in total. The number of ketones is 1. The zero-order valence-electron chi connectivity index (χ0n) is 21.1. The Morgan fingerprint density at radius 1 is 1.03 bits per heavy atom. The normalized spacial score (nSPS) is 37.6. The summed E-state index contributed by atoms with van der Waals surface area (Å²) in [5, 5.41) is 0. The Morgan fingerprint density at radius 2 is 1.70 bits per heavy atom. The average Bonchev–Trinajstić information content (AvgIpc) is 2.97. The van der Waals surface area contributed by atoms with Gasteiger partial charge in [0.2, 0.25) is 0 Å². The van der Waals surface area contributed by atoms with Crippen molar-refractivity contribution in [3.8, 4) is 0 Å². The number of likely N-dealkylation sites (N-methyl/N-ethyl adjacent to an activating group) is 1. The number of carbonyl (C=O) groups excluding carboxylic acids is 3. The van der Waals surface area contributed by atoms with Gasteiger partial charge in [0, 0.05) is 13.0 Å². The predicted molar refractivity (Wildman–Crippen MR) is 128 cm³/mol. The number of imide groups is 1. The summed E-state index contributed by atoms with van der Waals surface area (Å²) in [5.41, 5.74) is 0.634. The molecule has 5 aliphatic carbocycles. The lowest BCUT2D eigenvalue weighted by Crippen LogP contribution is -2.57. The van der Waals surface area contributed by atoms with E-state index in [4.69, 9.17) is 0 Å². The minimum absolute atomic E-state index is 0.00479. The molecule has 6 aliphatic rings. The first kappa shape index (κ1) is 23.1. The SMILES string of the molecule is CN1C(=O)N(CC(=O)C2CCCC3(CCCCCC3)C2)C(=O)C1(C)C1=CC[C@H]2C[C@@H]1C2(C)C. The molecule has 4 atom stereocenters. The van der Waals surface area contributed by atoms with Crippen LogP contribution < -0.4 is 0 Å². The van der Waals surface area contributed by atoms with Crippen molar-refractivity contribution in [2.75, 3.05) is 13.6 Å². The number of hydrogen-bond donors (Lipinski definition) is 0. The first-order valence-electron chi connectivity index (χ1n) is 13.4. The van der Waals surface area contributed by atoms with Gasteiger partial charge in [0.25, 0.3) is 5.91 Å². The van der Waals surface area contributed by atoms with Crippen LogP contribution in [-0.2, 0) is 9.59 Å². The van der Waals surface area contributed by atoms with Gasteiger partial charge in [0.15, 0.2) is 5.78 Å². The van der Waals surface area contributed by atoms with Gasteiger partial charge in [-0.25, -0.2) is 4.79 Å². The van der Waals surface area contributed by atoms with E-state index >= 15 is 0 Å². The van der Waals surface area contributed by atoms with Gasteiger partial charge in [-0.3, -0.25) is 14.5 Å². The molecule has 0 aromatic rings. The number of fused-ring (bicyclic) bond motifs is 1. The van der Waals surface area contributed by atoms with Gasteiger partial charge in [-0.15, -0.1) is 0 Å². The lowest BCUT2D eigenvalue weighted by molar-refractivity contribution is -0.136. The third kappa shape index (κ3) is 3.43. The van der Waals surface area contributed by atoms with Gasteiger partial charge in [-0.1, -0.05) is 52.0 Å². The summed E-state index contributed by atoms with van der Waals surface area (Å²) >= 11 is 0. The Bertz CT molecular complexity index is 882. The van der Waals surface area contributed by atoms with E-state index in [1.807, 2.05) is 6.92 Å². The van der Waals surface area contributed by atoms with Gasteiger partial charge in [0.1, 0.15) is 5.54 Å². The number of rotatable bonds is 4. The Labute approximate surface area is 199 Å². The fourth-order valence-corrected chi connectivity index (χ4v) is 8.16. The minimum Gasteiger partial charge on any atom is -0.309 e. The van der Waals surface area contributed by atoms with Gasteiger partial charge >= 0.3 is 6.03 Å². The van der Waals surface area contributed by atoms with E-state index in [0.29, 0.717) is 17.3 Å². The second kappa shape index (κ2) is 7.95.